The van der Waals surface area contributed by atoms with Gasteiger partial charge in [0.1, 0.15) is 11.1 Å². The summed E-state index contributed by atoms with van der Waals surface area (Å²) in [4.78, 5) is 38.9. The molecular weight excluding hydrogens is 334 g/mol. The summed E-state index contributed by atoms with van der Waals surface area (Å²) in [7, 11) is 0. The molecule has 0 aromatic heterocycles. The van der Waals surface area contributed by atoms with Crippen LogP contribution in [0.3, 0.4) is 0 Å². The highest BCUT2D eigenvalue weighted by Crippen LogP contribution is 2.29. The van der Waals surface area contributed by atoms with Crippen LogP contribution in [-0.4, -0.2) is 52.6 Å². The summed E-state index contributed by atoms with van der Waals surface area (Å²) in [5, 5.41) is 5.70. The standard InChI is InChI=1S/C19H33N3O4/c1-9-14-10-19(20-13(2)23,15(24)21-17(3,4)5)12-22(11-14)16(25)26-18(6,7)8/h9,14H,1,10-12H2,2-8H3,(H,20,23)(H,21,24). The van der Waals surface area contributed by atoms with Gasteiger partial charge in [0, 0.05) is 19.0 Å². The van der Waals surface area contributed by atoms with Gasteiger partial charge in [-0.2, -0.15) is 0 Å². The highest BCUT2D eigenvalue weighted by Gasteiger charge is 2.48. The Kier molecular flexibility index (Phi) is 6.49. The Bertz CT molecular complexity index is 574. The number of carbonyl (C=O) groups excluding carboxylic acids is 3. The zero-order chi connectivity index (χ0) is 20.3. The van der Waals surface area contributed by atoms with Crippen molar-refractivity contribution in [3.63, 3.8) is 0 Å². The third-order valence-electron chi connectivity index (χ3n) is 3.85. The Morgan fingerprint density at radius 3 is 2.19 bits per heavy atom. The smallest absolute Gasteiger partial charge is 0.410 e. The summed E-state index contributed by atoms with van der Waals surface area (Å²) >= 11 is 0. The molecule has 2 unspecified atom stereocenters. The van der Waals surface area contributed by atoms with Crippen LogP contribution >= 0.6 is 0 Å². The normalized spacial score (nSPS) is 23.8. The van der Waals surface area contributed by atoms with Gasteiger partial charge in [0.2, 0.25) is 11.8 Å². The Morgan fingerprint density at radius 2 is 1.77 bits per heavy atom. The Morgan fingerprint density at radius 1 is 1.19 bits per heavy atom. The van der Waals surface area contributed by atoms with Gasteiger partial charge in [-0.15, -0.1) is 6.58 Å². The molecule has 1 fully saturated rings. The van der Waals surface area contributed by atoms with E-state index in [9.17, 15) is 14.4 Å². The van der Waals surface area contributed by atoms with E-state index in [-0.39, 0.29) is 24.3 Å². The van der Waals surface area contributed by atoms with Gasteiger partial charge in [-0.1, -0.05) is 6.08 Å². The lowest BCUT2D eigenvalue weighted by Crippen LogP contribution is -2.69. The molecule has 0 aromatic rings. The minimum absolute atomic E-state index is 0.0494. The van der Waals surface area contributed by atoms with E-state index in [0.29, 0.717) is 13.0 Å². The topological polar surface area (TPSA) is 87.7 Å². The molecule has 2 N–H and O–H groups in total. The molecule has 0 spiro atoms. The highest BCUT2D eigenvalue weighted by molar-refractivity contribution is 5.92. The number of likely N-dealkylation sites (tertiary alicyclic amines) is 1. The number of hydrogen-bond donors (Lipinski definition) is 2. The van der Waals surface area contributed by atoms with Crippen molar-refractivity contribution in [3.05, 3.63) is 12.7 Å². The van der Waals surface area contributed by atoms with E-state index in [1.807, 2.05) is 20.8 Å². The van der Waals surface area contributed by atoms with Crippen LogP contribution in [0.5, 0.6) is 0 Å². The van der Waals surface area contributed by atoms with Crippen LogP contribution in [0.1, 0.15) is 54.9 Å². The van der Waals surface area contributed by atoms with Crippen LogP contribution in [0.25, 0.3) is 0 Å². The number of amides is 3. The molecule has 148 valence electrons. The lowest BCUT2D eigenvalue weighted by molar-refractivity contribution is -0.137. The molecule has 1 aliphatic heterocycles. The van der Waals surface area contributed by atoms with Crippen molar-refractivity contribution in [1.29, 1.82) is 0 Å². The fourth-order valence-corrected chi connectivity index (χ4v) is 2.98. The van der Waals surface area contributed by atoms with Gasteiger partial charge < -0.3 is 20.3 Å². The molecule has 0 saturated carbocycles. The predicted molar refractivity (Wildman–Crippen MR) is 101 cm³/mol. The molecule has 1 aliphatic rings. The number of nitrogens with zero attached hydrogens (tertiary/aromatic N) is 1. The minimum atomic E-state index is -1.23. The van der Waals surface area contributed by atoms with E-state index in [1.165, 1.54) is 11.8 Å². The van der Waals surface area contributed by atoms with E-state index in [0.717, 1.165) is 0 Å². The van der Waals surface area contributed by atoms with Gasteiger partial charge in [0.15, 0.2) is 0 Å². The van der Waals surface area contributed by atoms with Crippen LogP contribution in [0.15, 0.2) is 12.7 Å². The quantitative estimate of drug-likeness (QED) is 0.749. The summed E-state index contributed by atoms with van der Waals surface area (Å²) in [5.41, 5.74) is -2.35. The Labute approximate surface area is 156 Å². The van der Waals surface area contributed by atoms with Crippen molar-refractivity contribution in [3.8, 4) is 0 Å². The molecule has 7 heteroatoms. The first-order chi connectivity index (χ1) is 11.7. The summed E-state index contributed by atoms with van der Waals surface area (Å²) in [5.74, 6) is -0.794. The molecule has 0 aromatic carbocycles. The molecular formula is C19H33N3O4. The van der Waals surface area contributed by atoms with E-state index < -0.39 is 22.8 Å². The molecule has 3 amide bonds. The summed E-state index contributed by atoms with van der Waals surface area (Å²) < 4.78 is 5.46. The van der Waals surface area contributed by atoms with Gasteiger partial charge >= 0.3 is 6.09 Å². The van der Waals surface area contributed by atoms with Crippen LogP contribution in [0.4, 0.5) is 4.79 Å². The number of ether oxygens (including phenoxy) is 1. The highest BCUT2D eigenvalue weighted by atomic mass is 16.6. The lowest BCUT2D eigenvalue weighted by atomic mass is 9.81. The molecule has 26 heavy (non-hydrogen) atoms. The molecule has 0 aliphatic carbocycles. The van der Waals surface area contributed by atoms with Crippen molar-refractivity contribution in [2.45, 2.75) is 71.6 Å². The summed E-state index contributed by atoms with van der Waals surface area (Å²) in [6.07, 6.45) is 1.57. The molecule has 2 atom stereocenters. The van der Waals surface area contributed by atoms with E-state index in [1.54, 1.807) is 26.8 Å². The van der Waals surface area contributed by atoms with Gasteiger partial charge in [0.25, 0.3) is 0 Å². The lowest BCUT2D eigenvalue weighted by Gasteiger charge is -2.45. The maximum atomic E-state index is 13.0. The van der Waals surface area contributed by atoms with E-state index >= 15 is 0 Å². The number of hydrogen-bond acceptors (Lipinski definition) is 4. The molecule has 1 rings (SSSR count). The van der Waals surface area contributed by atoms with E-state index in [2.05, 4.69) is 17.2 Å². The maximum absolute atomic E-state index is 13.0. The molecule has 0 bridgehead atoms. The molecule has 7 nitrogen and oxygen atoms in total. The molecule has 0 radical (unpaired) electrons. The first-order valence-electron chi connectivity index (χ1n) is 8.89. The SMILES string of the molecule is C=CC1CN(C(=O)OC(C)(C)C)CC(NC(C)=O)(C(=O)NC(C)(C)C)C1. The largest absolute Gasteiger partial charge is 0.444 e. The average molecular weight is 367 g/mol. The second-order valence-corrected chi connectivity index (χ2v) is 9.03. The zero-order valence-electron chi connectivity index (χ0n) is 17.1. The van der Waals surface area contributed by atoms with E-state index in [4.69, 9.17) is 4.74 Å². The third-order valence-corrected chi connectivity index (χ3v) is 3.85. The average Bonchev–Trinajstić information content (AvgIpc) is 2.42. The van der Waals surface area contributed by atoms with Crippen LogP contribution in [-0.2, 0) is 14.3 Å². The number of carbonyl (C=O) groups is 3. The minimum Gasteiger partial charge on any atom is -0.444 e. The van der Waals surface area contributed by atoms with Crippen molar-refractivity contribution in [2.24, 2.45) is 5.92 Å². The monoisotopic (exact) mass is 367 g/mol. The molecule has 1 saturated heterocycles. The summed E-state index contributed by atoms with van der Waals surface area (Å²) in [6, 6.07) is 0. The number of rotatable bonds is 3. The maximum Gasteiger partial charge on any atom is 0.410 e. The van der Waals surface area contributed by atoms with Crippen molar-refractivity contribution >= 4 is 17.9 Å². The third kappa shape index (κ3) is 6.35. The van der Waals surface area contributed by atoms with Gasteiger partial charge in [-0.05, 0) is 53.9 Å². The second kappa shape index (κ2) is 7.68. The van der Waals surface area contributed by atoms with Crippen molar-refractivity contribution in [2.75, 3.05) is 13.1 Å². The van der Waals surface area contributed by atoms with Crippen molar-refractivity contribution < 1.29 is 19.1 Å². The number of nitrogens with one attached hydrogen (secondary N) is 2. The van der Waals surface area contributed by atoms with Crippen LogP contribution in [0, 0.1) is 5.92 Å². The predicted octanol–water partition coefficient (Wildman–Crippen LogP) is 2.22. The Hall–Kier alpha value is -2.05. The zero-order valence-corrected chi connectivity index (χ0v) is 17.1. The first kappa shape index (κ1) is 22.0. The Balaban J connectivity index is 3.21. The van der Waals surface area contributed by atoms with Gasteiger partial charge in [-0.3, -0.25) is 9.59 Å². The van der Waals surface area contributed by atoms with Crippen molar-refractivity contribution in [1.82, 2.24) is 15.5 Å². The first-order valence-corrected chi connectivity index (χ1v) is 8.89. The van der Waals surface area contributed by atoms with Crippen LogP contribution < -0.4 is 10.6 Å². The van der Waals surface area contributed by atoms with Gasteiger partial charge in [0.05, 0.1) is 6.54 Å². The fourth-order valence-electron chi connectivity index (χ4n) is 2.98. The second-order valence-electron chi connectivity index (χ2n) is 9.03. The molecule has 1 heterocycles. The fraction of sp³-hybridized carbons (Fsp3) is 0.737. The van der Waals surface area contributed by atoms with Crippen LogP contribution in [0.2, 0.25) is 0 Å². The summed E-state index contributed by atoms with van der Waals surface area (Å²) in [6.45, 7) is 16.6. The van der Waals surface area contributed by atoms with Gasteiger partial charge in [-0.25, -0.2) is 4.79 Å². The number of piperidine rings is 1.